The van der Waals surface area contributed by atoms with Crippen molar-refractivity contribution in [1.82, 2.24) is 14.8 Å². The number of esters is 1. The molecule has 3 aromatic rings. The summed E-state index contributed by atoms with van der Waals surface area (Å²) in [5, 5.41) is 7.96. The van der Waals surface area contributed by atoms with E-state index in [0.717, 1.165) is 22.7 Å². The van der Waals surface area contributed by atoms with Crippen LogP contribution in [0, 0.1) is 27.7 Å². The van der Waals surface area contributed by atoms with Gasteiger partial charge in [-0.25, -0.2) is 4.79 Å². The second kappa shape index (κ2) is 6.16. The number of rotatable bonds is 5. The van der Waals surface area contributed by atoms with Gasteiger partial charge in [0.05, 0.1) is 11.1 Å². The van der Waals surface area contributed by atoms with Crippen molar-refractivity contribution in [3.8, 4) is 11.5 Å². The lowest BCUT2D eigenvalue weighted by atomic mass is 10.2. The van der Waals surface area contributed by atoms with Crippen LogP contribution in [0.2, 0.25) is 0 Å². The van der Waals surface area contributed by atoms with E-state index in [-0.39, 0.29) is 18.5 Å². The van der Waals surface area contributed by atoms with E-state index < -0.39 is 0 Å². The predicted octanol–water partition coefficient (Wildman–Crippen LogP) is 4.06. The molecule has 0 amide bonds. The zero-order chi connectivity index (χ0) is 18.4. The van der Waals surface area contributed by atoms with Gasteiger partial charge in [-0.2, -0.15) is 0 Å². The van der Waals surface area contributed by atoms with Gasteiger partial charge in [-0.05, 0) is 52.7 Å². The Kier molecular flexibility index (Phi) is 3.94. The highest BCUT2D eigenvalue weighted by molar-refractivity contribution is 5.91. The lowest BCUT2D eigenvalue weighted by Crippen LogP contribution is -2.07. The summed E-state index contributed by atoms with van der Waals surface area (Å²) in [4.78, 5) is 12.4. The Bertz CT molecular complexity index is 975. The molecule has 0 aliphatic heterocycles. The molecular formula is C19H21N3O4. The maximum absolute atomic E-state index is 12.4. The van der Waals surface area contributed by atoms with Gasteiger partial charge >= 0.3 is 5.97 Å². The van der Waals surface area contributed by atoms with Crippen molar-refractivity contribution < 1.29 is 18.4 Å². The van der Waals surface area contributed by atoms with Crippen molar-refractivity contribution in [3.63, 3.8) is 0 Å². The summed E-state index contributed by atoms with van der Waals surface area (Å²) in [5.74, 6) is 1.72. The molecule has 3 heterocycles. The molecule has 4 rings (SSSR count). The second-order valence-corrected chi connectivity index (χ2v) is 6.79. The molecule has 1 aliphatic rings. The third-order valence-corrected chi connectivity index (χ3v) is 4.68. The van der Waals surface area contributed by atoms with E-state index in [0.29, 0.717) is 23.3 Å². The lowest BCUT2D eigenvalue weighted by molar-refractivity contribution is 0.0437. The Labute approximate surface area is 151 Å². The zero-order valence-electron chi connectivity index (χ0n) is 15.3. The minimum Gasteiger partial charge on any atom is -0.466 e. The number of ether oxygens (including phenoxy) is 1. The van der Waals surface area contributed by atoms with Crippen LogP contribution in [0.1, 0.15) is 58.0 Å². The Hall–Kier alpha value is -2.83. The van der Waals surface area contributed by atoms with Crippen molar-refractivity contribution in [3.05, 3.63) is 46.5 Å². The van der Waals surface area contributed by atoms with Gasteiger partial charge < -0.3 is 18.1 Å². The number of nitrogens with zero attached hydrogens (tertiary/aromatic N) is 3. The van der Waals surface area contributed by atoms with Gasteiger partial charge in [0.2, 0.25) is 0 Å². The first-order chi connectivity index (χ1) is 12.4. The van der Waals surface area contributed by atoms with Crippen LogP contribution in [0.5, 0.6) is 0 Å². The monoisotopic (exact) mass is 355 g/mol. The largest absolute Gasteiger partial charge is 0.466 e. The number of carbonyl (C=O) groups excluding carboxylic acids is 1. The third kappa shape index (κ3) is 2.94. The molecule has 0 saturated heterocycles. The van der Waals surface area contributed by atoms with E-state index >= 15 is 0 Å². The minimum atomic E-state index is -0.375. The first-order valence-corrected chi connectivity index (χ1v) is 8.69. The van der Waals surface area contributed by atoms with Crippen LogP contribution < -0.4 is 0 Å². The second-order valence-electron chi connectivity index (χ2n) is 6.79. The molecule has 0 bridgehead atoms. The first kappa shape index (κ1) is 16.6. The Balaban J connectivity index is 1.45. The van der Waals surface area contributed by atoms with E-state index in [1.165, 1.54) is 12.8 Å². The van der Waals surface area contributed by atoms with E-state index in [1.807, 2.05) is 39.8 Å². The molecule has 0 spiro atoms. The standard InChI is InChI=1S/C19H21N3O4/c1-10-7-15(12(3)22(10)14-5-6-14)19(23)24-9-17-20-21-18(26-17)16-8-11(2)25-13(16)4/h7-8,14H,5-6,9H2,1-4H3. The van der Waals surface area contributed by atoms with Gasteiger partial charge in [0.25, 0.3) is 11.8 Å². The minimum absolute atomic E-state index is 0.0607. The van der Waals surface area contributed by atoms with E-state index in [4.69, 9.17) is 13.6 Å². The fraction of sp³-hybridized carbons (Fsp3) is 0.421. The molecule has 0 unspecified atom stereocenters. The maximum Gasteiger partial charge on any atom is 0.340 e. The molecule has 136 valence electrons. The van der Waals surface area contributed by atoms with Gasteiger partial charge in [-0.15, -0.1) is 10.2 Å². The molecule has 0 atom stereocenters. The predicted molar refractivity (Wildman–Crippen MR) is 92.8 cm³/mol. The average Bonchev–Trinajstić information content (AvgIpc) is 3.08. The van der Waals surface area contributed by atoms with Crippen LogP contribution in [0.25, 0.3) is 11.5 Å². The molecule has 0 aromatic carbocycles. The molecule has 0 radical (unpaired) electrons. The molecular weight excluding hydrogens is 334 g/mol. The summed E-state index contributed by atoms with van der Waals surface area (Å²) in [5.41, 5.74) is 3.38. The Morgan fingerprint density at radius 3 is 2.62 bits per heavy atom. The van der Waals surface area contributed by atoms with Gasteiger partial charge in [0.15, 0.2) is 6.61 Å². The number of carbonyl (C=O) groups is 1. The number of aromatic nitrogens is 3. The smallest absolute Gasteiger partial charge is 0.340 e. The summed E-state index contributed by atoms with van der Waals surface area (Å²) in [7, 11) is 0. The number of aryl methyl sites for hydroxylation is 3. The summed E-state index contributed by atoms with van der Waals surface area (Å²) in [6, 6.07) is 4.25. The Morgan fingerprint density at radius 2 is 1.96 bits per heavy atom. The molecule has 3 aromatic heterocycles. The van der Waals surface area contributed by atoms with Crippen molar-refractivity contribution in [2.24, 2.45) is 0 Å². The molecule has 1 saturated carbocycles. The SMILES string of the molecule is Cc1cc(-c2nnc(COC(=O)c3cc(C)n(C4CC4)c3C)o2)c(C)o1. The van der Waals surface area contributed by atoms with Crippen molar-refractivity contribution in [1.29, 1.82) is 0 Å². The van der Waals surface area contributed by atoms with Crippen LogP contribution in [0.15, 0.2) is 21.0 Å². The van der Waals surface area contributed by atoms with Crippen LogP contribution in [0.4, 0.5) is 0 Å². The van der Waals surface area contributed by atoms with Crippen LogP contribution in [-0.2, 0) is 11.3 Å². The number of hydrogen-bond donors (Lipinski definition) is 0. The summed E-state index contributed by atoms with van der Waals surface area (Å²) in [6.07, 6.45) is 2.34. The topological polar surface area (TPSA) is 83.3 Å². The highest BCUT2D eigenvalue weighted by Gasteiger charge is 2.29. The van der Waals surface area contributed by atoms with Crippen molar-refractivity contribution >= 4 is 5.97 Å². The normalized spacial score (nSPS) is 14.0. The van der Waals surface area contributed by atoms with Gasteiger partial charge in [-0.3, -0.25) is 0 Å². The number of hydrogen-bond acceptors (Lipinski definition) is 6. The van der Waals surface area contributed by atoms with Crippen LogP contribution >= 0.6 is 0 Å². The molecule has 7 nitrogen and oxygen atoms in total. The zero-order valence-corrected chi connectivity index (χ0v) is 15.3. The highest BCUT2D eigenvalue weighted by atomic mass is 16.5. The average molecular weight is 355 g/mol. The quantitative estimate of drug-likeness (QED) is 0.642. The van der Waals surface area contributed by atoms with Gasteiger partial charge in [-0.1, -0.05) is 0 Å². The summed E-state index contributed by atoms with van der Waals surface area (Å²) in [6.45, 7) is 7.60. The lowest BCUT2D eigenvalue weighted by Gasteiger charge is -2.07. The molecule has 1 fully saturated rings. The fourth-order valence-electron chi connectivity index (χ4n) is 3.35. The summed E-state index contributed by atoms with van der Waals surface area (Å²) < 4.78 is 18.7. The Morgan fingerprint density at radius 1 is 1.19 bits per heavy atom. The highest BCUT2D eigenvalue weighted by Crippen LogP contribution is 2.38. The van der Waals surface area contributed by atoms with Crippen LogP contribution in [0.3, 0.4) is 0 Å². The number of furan rings is 1. The van der Waals surface area contributed by atoms with E-state index in [1.54, 1.807) is 0 Å². The van der Waals surface area contributed by atoms with E-state index in [9.17, 15) is 4.79 Å². The molecule has 0 N–H and O–H groups in total. The first-order valence-electron chi connectivity index (χ1n) is 8.69. The molecule has 7 heteroatoms. The fourth-order valence-corrected chi connectivity index (χ4v) is 3.35. The van der Waals surface area contributed by atoms with Crippen molar-refractivity contribution in [2.45, 2.75) is 53.2 Å². The van der Waals surface area contributed by atoms with Crippen molar-refractivity contribution in [2.75, 3.05) is 0 Å². The molecule has 1 aliphatic carbocycles. The van der Waals surface area contributed by atoms with E-state index in [2.05, 4.69) is 14.8 Å². The summed E-state index contributed by atoms with van der Waals surface area (Å²) >= 11 is 0. The van der Waals surface area contributed by atoms with Gasteiger partial charge in [0.1, 0.15) is 11.5 Å². The third-order valence-electron chi connectivity index (χ3n) is 4.68. The maximum atomic E-state index is 12.4. The molecule has 26 heavy (non-hydrogen) atoms. The van der Waals surface area contributed by atoms with Crippen LogP contribution in [-0.4, -0.2) is 20.7 Å². The van der Waals surface area contributed by atoms with Gasteiger partial charge in [0, 0.05) is 17.4 Å².